The molecule has 0 spiro atoms. The highest BCUT2D eigenvalue weighted by Crippen LogP contribution is 2.33. The normalized spacial score (nSPS) is 12.2. The van der Waals surface area contributed by atoms with Crippen molar-refractivity contribution in [2.24, 2.45) is 0 Å². The summed E-state index contributed by atoms with van der Waals surface area (Å²) >= 11 is 0. The minimum Gasteiger partial charge on any atom is -0.493 e. The summed E-state index contributed by atoms with van der Waals surface area (Å²) in [5.74, 6) is 2.18. The summed E-state index contributed by atoms with van der Waals surface area (Å²) in [5.41, 5.74) is 2.09. The van der Waals surface area contributed by atoms with Gasteiger partial charge in [-0.15, -0.1) is 0 Å². The molecule has 6 heteroatoms. The predicted molar refractivity (Wildman–Crippen MR) is 119 cm³/mol. The second-order valence-corrected chi connectivity index (χ2v) is 7.02. The van der Waals surface area contributed by atoms with Crippen molar-refractivity contribution in [2.45, 2.75) is 6.10 Å². The highest BCUT2D eigenvalue weighted by molar-refractivity contribution is 6.10. The third kappa shape index (κ3) is 4.50. The maximum absolute atomic E-state index is 10.3. The lowest BCUT2D eigenvalue weighted by Crippen LogP contribution is -2.33. The SMILES string of the molecule is COc1ccccc1OCCNC[C@H](O)COc1cccc2[nH]c3ccccc3c12. The third-order valence-electron chi connectivity index (χ3n) is 4.91. The van der Waals surface area contributed by atoms with Crippen LogP contribution < -0.4 is 19.5 Å². The number of H-pyrrole nitrogens is 1. The number of aliphatic hydroxyl groups excluding tert-OH is 1. The quantitative estimate of drug-likeness (QED) is 0.350. The number of hydrogen-bond donors (Lipinski definition) is 3. The number of fused-ring (bicyclic) bond motifs is 3. The highest BCUT2D eigenvalue weighted by Gasteiger charge is 2.11. The molecule has 3 aromatic carbocycles. The number of methoxy groups -OCH3 is 1. The lowest BCUT2D eigenvalue weighted by molar-refractivity contribution is 0.106. The van der Waals surface area contributed by atoms with E-state index < -0.39 is 6.10 Å². The Bertz CT molecular complexity index is 1110. The van der Waals surface area contributed by atoms with Crippen molar-refractivity contribution in [3.05, 3.63) is 66.7 Å². The average molecular weight is 406 g/mol. The van der Waals surface area contributed by atoms with Crippen molar-refractivity contribution in [1.82, 2.24) is 10.3 Å². The van der Waals surface area contributed by atoms with Gasteiger partial charge in [0.1, 0.15) is 25.1 Å². The van der Waals surface area contributed by atoms with Gasteiger partial charge in [0.15, 0.2) is 11.5 Å². The van der Waals surface area contributed by atoms with Crippen molar-refractivity contribution < 1.29 is 19.3 Å². The van der Waals surface area contributed by atoms with Crippen LogP contribution in [0, 0.1) is 0 Å². The Kier molecular flexibility index (Phi) is 6.37. The van der Waals surface area contributed by atoms with E-state index in [0.717, 1.165) is 27.6 Å². The lowest BCUT2D eigenvalue weighted by Gasteiger charge is -2.15. The summed E-state index contributed by atoms with van der Waals surface area (Å²) in [7, 11) is 1.62. The van der Waals surface area contributed by atoms with E-state index in [2.05, 4.69) is 16.4 Å². The fourth-order valence-corrected chi connectivity index (χ4v) is 3.47. The van der Waals surface area contributed by atoms with E-state index in [0.29, 0.717) is 31.2 Å². The minimum absolute atomic E-state index is 0.207. The standard InChI is InChI=1S/C24H26N2O4/c1-28-21-10-4-5-11-22(21)29-14-13-25-15-17(27)16-30-23-12-6-9-20-24(23)18-7-2-3-8-19(18)26-20/h2-12,17,25-27H,13-16H2,1H3/t17-/m0/s1. The van der Waals surface area contributed by atoms with E-state index in [1.165, 1.54) is 0 Å². The zero-order chi connectivity index (χ0) is 20.8. The van der Waals surface area contributed by atoms with Crippen LogP contribution in [0.2, 0.25) is 0 Å². The van der Waals surface area contributed by atoms with Crippen LogP contribution in [0.1, 0.15) is 0 Å². The van der Waals surface area contributed by atoms with Gasteiger partial charge in [0.05, 0.1) is 12.6 Å². The number of aromatic nitrogens is 1. The number of ether oxygens (including phenoxy) is 3. The number of hydrogen-bond acceptors (Lipinski definition) is 5. The molecular weight excluding hydrogens is 380 g/mol. The molecule has 1 heterocycles. The smallest absolute Gasteiger partial charge is 0.161 e. The summed E-state index contributed by atoms with van der Waals surface area (Å²) in [6.45, 7) is 1.70. The summed E-state index contributed by atoms with van der Waals surface area (Å²) in [4.78, 5) is 3.40. The van der Waals surface area contributed by atoms with Crippen molar-refractivity contribution in [2.75, 3.05) is 33.4 Å². The Morgan fingerprint density at radius 2 is 1.60 bits per heavy atom. The van der Waals surface area contributed by atoms with Gasteiger partial charge < -0.3 is 29.6 Å². The van der Waals surface area contributed by atoms with E-state index in [1.807, 2.05) is 60.7 Å². The minimum atomic E-state index is -0.628. The fraction of sp³-hybridized carbons (Fsp3) is 0.250. The molecule has 0 unspecified atom stereocenters. The molecule has 0 aliphatic rings. The van der Waals surface area contributed by atoms with E-state index in [4.69, 9.17) is 14.2 Å². The molecule has 156 valence electrons. The van der Waals surface area contributed by atoms with Gasteiger partial charge >= 0.3 is 0 Å². The molecule has 0 radical (unpaired) electrons. The molecular formula is C24H26N2O4. The largest absolute Gasteiger partial charge is 0.493 e. The zero-order valence-electron chi connectivity index (χ0n) is 16.9. The molecule has 0 saturated carbocycles. The van der Waals surface area contributed by atoms with Gasteiger partial charge in [0, 0.05) is 29.4 Å². The number of benzene rings is 3. The monoisotopic (exact) mass is 406 g/mol. The van der Waals surface area contributed by atoms with Crippen LogP contribution in [0.3, 0.4) is 0 Å². The Hall–Kier alpha value is -3.22. The molecule has 4 rings (SSSR count). The molecule has 0 bridgehead atoms. The first-order valence-electron chi connectivity index (χ1n) is 10.0. The fourth-order valence-electron chi connectivity index (χ4n) is 3.47. The van der Waals surface area contributed by atoms with Gasteiger partial charge in [-0.3, -0.25) is 0 Å². The van der Waals surface area contributed by atoms with Crippen LogP contribution in [0.25, 0.3) is 21.8 Å². The van der Waals surface area contributed by atoms with Crippen molar-refractivity contribution in [3.63, 3.8) is 0 Å². The van der Waals surface area contributed by atoms with Crippen molar-refractivity contribution >= 4 is 21.8 Å². The second-order valence-electron chi connectivity index (χ2n) is 7.02. The first-order chi connectivity index (χ1) is 14.8. The summed E-state index contributed by atoms with van der Waals surface area (Å²) in [5, 5.41) is 15.6. The van der Waals surface area contributed by atoms with E-state index in [1.54, 1.807) is 7.11 Å². The van der Waals surface area contributed by atoms with Crippen LogP contribution >= 0.6 is 0 Å². The van der Waals surface area contributed by atoms with E-state index in [9.17, 15) is 5.11 Å². The Labute approximate surface area is 175 Å². The average Bonchev–Trinajstić information content (AvgIpc) is 3.17. The molecule has 0 aliphatic carbocycles. The highest BCUT2D eigenvalue weighted by atomic mass is 16.5. The topological polar surface area (TPSA) is 75.7 Å². The van der Waals surface area contributed by atoms with Crippen LogP contribution in [-0.2, 0) is 0 Å². The molecule has 30 heavy (non-hydrogen) atoms. The molecule has 0 saturated heterocycles. The molecule has 0 fully saturated rings. The molecule has 1 atom stereocenters. The third-order valence-corrected chi connectivity index (χ3v) is 4.91. The van der Waals surface area contributed by atoms with Crippen LogP contribution in [0.4, 0.5) is 0 Å². The first kappa shape index (κ1) is 20.1. The molecule has 6 nitrogen and oxygen atoms in total. The first-order valence-corrected chi connectivity index (χ1v) is 10.0. The van der Waals surface area contributed by atoms with E-state index >= 15 is 0 Å². The summed E-state index contributed by atoms with van der Waals surface area (Å²) in [6, 6.07) is 21.6. The summed E-state index contributed by atoms with van der Waals surface area (Å²) in [6.07, 6.45) is -0.628. The number of rotatable bonds is 10. The van der Waals surface area contributed by atoms with Gasteiger partial charge in [-0.25, -0.2) is 0 Å². The number of aliphatic hydroxyl groups is 1. The zero-order valence-corrected chi connectivity index (χ0v) is 16.9. The number of nitrogens with one attached hydrogen (secondary N) is 2. The molecule has 4 aromatic rings. The predicted octanol–water partition coefficient (Wildman–Crippen LogP) is 3.74. The van der Waals surface area contributed by atoms with Gasteiger partial charge in [-0.1, -0.05) is 36.4 Å². The van der Waals surface area contributed by atoms with E-state index in [-0.39, 0.29) is 6.61 Å². The van der Waals surface area contributed by atoms with Gasteiger partial charge in [0.25, 0.3) is 0 Å². The Balaban J connectivity index is 1.26. The maximum atomic E-state index is 10.3. The van der Waals surface area contributed by atoms with Crippen LogP contribution in [0.5, 0.6) is 17.2 Å². The Morgan fingerprint density at radius 1 is 0.867 bits per heavy atom. The second kappa shape index (κ2) is 9.52. The number of aromatic amines is 1. The molecule has 3 N–H and O–H groups in total. The summed E-state index contributed by atoms with van der Waals surface area (Å²) < 4.78 is 16.9. The van der Waals surface area contributed by atoms with Crippen molar-refractivity contribution in [1.29, 1.82) is 0 Å². The van der Waals surface area contributed by atoms with Gasteiger partial charge in [-0.05, 0) is 30.3 Å². The molecule has 1 aromatic heterocycles. The van der Waals surface area contributed by atoms with Crippen LogP contribution in [0.15, 0.2) is 66.7 Å². The Morgan fingerprint density at radius 3 is 2.47 bits per heavy atom. The van der Waals surface area contributed by atoms with Crippen molar-refractivity contribution in [3.8, 4) is 17.2 Å². The molecule has 0 amide bonds. The van der Waals surface area contributed by atoms with Gasteiger partial charge in [-0.2, -0.15) is 0 Å². The lowest BCUT2D eigenvalue weighted by atomic mass is 10.1. The van der Waals surface area contributed by atoms with Gasteiger partial charge in [0.2, 0.25) is 0 Å². The molecule has 0 aliphatic heterocycles. The maximum Gasteiger partial charge on any atom is 0.161 e. The number of para-hydroxylation sites is 3. The van der Waals surface area contributed by atoms with Crippen LogP contribution in [-0.4, -0.2) is 49.6 Å².